The molecule has 0 saturated heterocycles. The van der Waals surface area contributed by atoms with Crippen molar-refractivity contribution in [2.45, 2.75) is 10.6 Å². The normalized spacial score (nSPS) is 10.6. The predicted molar refractivity (Wildman–Crippen MR) is 77.0 cm³/mol. The molecule has 1 N–H and O–H groups in total. The van der Waals surface area contributed by atoms with Gasteiger partial charge in [0.15, 0.2) is 0 Å². The number of carboxylic acid groups (broad SMARTS) is 1. The van der Waals surface area contributed by atoms with Gasteiger partial charge in [-0.1, -0.05) is 6.07 Å². The fraction of sp³-hybridized carbons (Fsp3) is 0.0714. The van der Waals surface area contributed by atoms with Crippen LogP contribution in [0.3, 0.4) is 0 Å². The van der Waals surface area contributed by atoms with Crippen molar-refractivity contribution < 1.29 is 18.7 Å². The Balaban J connectivity index is 2.19. The summed E-state index contributed by atoms with van der Waals surface area (Å²) >= 11 is 4.32. The maximum atomic E-state index is 13.5. The van der Waals surface area contributed by atoms with Gasteiger partial charge >= 0.3 is 5.97 Å². The molecule has 104 valence electrons. The first kappa shape index (κ1) is 15.0. The summed E-state index contributed by atoms with van der Waals surface area (Å²) < 4.78 is 27.4. The molecular weight excluding hydrogens is 350 g/mol. The van der Waals surface area contributed by atoms with E-state index in [0.29, 0.717) is 9.37 Å². The van der Waals surface area contributed by atoms with Crippen LogP contribution in [0.25, 0.3) is 0 Å². The molecule has 0 aliphatic carbocycles. The van der Waals surface area contributed by atoms with Crippen LogP contribution in [0.4, 0.5) is 8.78 Å². The second-order valence-electron chi connectivity index (χ2n) is 3.94. The molecule has 0 fully saturated rings. The topological polar surface area (TPSA) is 37.3 Å². The van der Waals surface area contributed by atoms with E-state index in [4.69, 9.17) is 5.11 Å². The van der Waals surface area contributed by atoms with Gasteiger partial charge in [0.25, 0.3) is 0 Å². The third kappa shape index (κ3) is 3.37. The summed E-state index contributed by atoms with van der Waals surface area (Å²) in [5.74, 6) is -2.17. The lowest BCUT2D eigenvalue weighted by Gasteiger charge is -2.06. The fourth-order valence-electron chi connectivity index (χ4n) is 1.58. The Morgan fingerprint density at radius 2 is 1.85 bits per heavy atom. The molecule has 2 rings (SSSR count). The van der Waals surface area contributed by atoms with E-state index in [2.05, 4.69) is 15.9 Å². The first-order valence-electron chi connectivity index (χ1n) is 5.57. The van der Waals surface area contributed by atoms with Gasteiger partial charge in [0, 0.05) is 20.7 Å². The zero-order chi connectivity index (χ0) is 14.7. The van der Waals surface area contributed by atoms with Gasteiger partial charge in [0.2, 0.25) is 0 Å². The molecule has 0 atom stereocenters. The Morgan fingerprint density at radius 1 is 1.20 bits per heavy atom. The summed E-state index contributed by atoms with van der Waals surface area (Å²) in [6.45, 7) is 0. The van der Waals surface area contributed by atoms with Crippen molar-refractivity contribution in [1.82, 2.24) is 0 Å². The lowest BCUT2D eigenvalue weighted by Crippen LogP contribution is -1.98. The summed E-state index contributed by atoms with van der Waals surface area (Å²) in [6, 6.07) is 8.47. The van der Waals surface area contributed by atoms with Crippen LogP contribution in [0.2, 0.25) is 0 Å². The molecule has 0 saturated carbocycles. The number of rotatable bonds is 4. The SMILES string of the molecule is O=C(O)c1cc(SCc2c(F)cccc2F)ccc1Br. The third-order valence-electron chi connectivity index (χ3n) is 2.61. The zero-order valence-electron chi connectivity index (χ0n) is 10.1. The highest BCUT2D eigenvalue weighted by Gasteiger charge is 2.12. The number of carboxylic acids is 1. The van der Waals surface area contributed by atoms with Gasteiger partial charge in [-0.15, -0.1) is 11.8 Å². The quantitative estimate of drug-likeness (QED) is 0.803. The van der Waals surface area contributed by atoms with E-state index < -0.39 is 17.6 Å². The van der Waals surface area contributed by atoms with E-state index in [0.717, 1.165) is 0 Å². The van der Waals surface area contributed by atoms with E-state index in [-0.39, 0.29) is 16.9 Å². The Kier molecular flexibility index (Phi) is 4.77. The largest absolute Gasteiger partial charge is 0.478 e. The van der Waals surface area contributed by atoms with E-state index in [1.54, 1.807) is 12.1 Å². The van der Waals surface area contributed by atoms with Gasteiger partial charge in [-0.25, -0.2) is 13.6 Å². The van der Waals surface area contributed by atoms with Crippen molar-refractivity contribution in [1.29, 1.82) is 0 Å². The molecule has 0 spiro atoms. The van der Waals surface area contributed by atoms with Crippen molar-refractivity contribution in [3.8, 4) is 0 Å². The Hall–Kier alpha value is -1.40. The molecule has 6 heteroatoms. The molecular formula is C14H9BrF2O2S. The fourth-order valence-corrected chi connectivity index (χ4v) is 2.95. The van der Waals surface area contributed by atoms with Gasteiger partial charge in [0.1, 0.15) is 11.6 Å². The van der Waals surface area contributed by atoms with E-state index in [9.17, 15) is 13.6 Å². The minimum Gasteiger partial charge on any atom is -0.478 e. The number of hydrogen-bond donors (Lipinski definition) is 1. The van der Waals surface area contributed by atoms with Crippen LogP contribution in [0.1, 0.15) is 15.9 Å². The van der Waals surface area contributed by atoms with Crippen LogP contribution in [-0.4, -0.2) is 11.1 Å². The number of aromatic carboxylic acids is 1. The average Bonchev–Trinajstić information content (AvgIpc) is 2.39. The molecule has 0 heterocycles. The van der Waals surface area contributed by atoms with E-state index >= 15 is 0 Å². The molecule has 0 radical (unpaired) electrons. The van der Waals surface area contributed by atoms with Gasteiger partial charge in [-0.3, -0.25) is 0 Å². The van der Waals surface area contributed by atoms with Crippen molar-refractivity contribution in [2.75, 3.05) is 0 Å². The molecule has 20 heavy (non-hydrogen) atoms. The number of carbonyl (C=O) groups is 1. The molecule has 0 amide bonds. The minimum absolute atomic E-state index is 0.0164. The molecule has 0 bridgehead atoms. The first-order valence-corrected chi connectivity index (χ1v) is 7.35. The van der Waals surface area contributed by atoms with Crippen LogP contribution in [-0.2, 0) is 5.75 Å². The molecule has 2 aromatic rings. The molecule has 2 nitrogen and oxygen atoms in total. The summed E-state index contributed by atoms with van der Waals surface area (Å²) in [5.41, 5.74) is 0.0984. The van der Waals surface area contributed by atoms with E-state index in [1.807, 2.05) is 0 Å². The lowest BCUT2D eigenvalue weighted by molar-refractivity contribution is 0.0695. The summed E-state index contributed by atoms with van der Waals surface area (Å²) in [7, 11) is 0. The molecule has 0 unspecified atom stereocenters. The Bertz CT molecular complexity index is 641. The summed E-state index contributed by atoms with van der Waals surface area (Å²) in [5, 5.41) is 9.00. The lowest BCUT2D eigenvalue weighted by atomic mass is 10.2. The monoisotopic (exact) mass is 358 g/mol. The van der Waals surface area contributed by atoms with Crippen LogP contribution < -0.4 is 0 Å². The van der Waals surface area contributed by atoms with Gasteiger partial charge in [-0.05, 0) is 46.3 Å². The average molecular weight is 359 g/mol. The van der Waals surface area contributed by atoms with Crippen LogP contribution >= 0.6 is 27.7 Å². The minimum atomic E-state index is -1.06. The number of halogens is 3. The van der Waals surface area contributed by atoms with Crippen LogP contribution in [0.5, 0.6) is 0 Å². The molecule has 0 aliphatic rings. The molecule has 2 aromatic carbocycles. The predicted octanol–water partition coefficient (Wildman–Crippen LogP) is 4.72. The highest BCUT2D eigenvalue weighted by molar-refractivity contribution is 9.10. The number of thioether (sulfide) groups is 1. The molecule has 0 aliphatic heterocycles. The maximum absolute atomic E-state index is 13.5. The Morgan fingerprint density at radius 3 is 2.45 bits per heavy atom. The van der Waals surface area contributed by atoms with Crippen LogP contribution in [0.15, 0.2) is 45.8 Å². The van der Waals surface area contributed by atoms with Crippen molar-refractivity contribution in [2.24, 2.45) is 0 Å². The maximum Gasteiger partial charge on any atom is 0.336 e. The third-order valence-corrected chi connectivity index (χ3v) is 4.32. The second-order valence-corrected chi connectivity index (χ2v) is 5.84. The first-order chi connectivity index (χ1) is 9.49. The Labute approximate surface area is 126 Å². The van der Waals surface area contributed by atoms with Crippen molar-refractivity contribution in [3.63, 3.8) is 0 Å². The van der Waals surface area contributed by atoms with E-state index in [1.165, 1.54) is 36.0 Å². The summed E-state index contributed by atoms with van der Waals surface area (Å²) in [4.78, 5) is 11.6. The summed E-state index contributed by atoms with van der Waals surface area (Å²) in [6.07, 6.45) is 0. The van der Waals surface area contributed by atoms with Gasteiger partial charge in [0.05, 0.1) is 5.56 Å². The van der Waals surface area contributed by atoms with Crippen LogP contribution in [0, 0.1) is 11.6 Å². The highest BCUT2D eigenvalue weighted by Crippen LogP contribution is 2.29. The smallest absolute Gasteiger partial charge is 0.336 e. The zero-order valence-corrected chi connectivity index (χ0v) is 12.5. The van der Waals surface area contributed by atoms with Gasteiger partial charge < -0.3 is 5.11 Å². The standard InChI is InChI=1S/C14H9BrF2O2S/c15-11-5-4-8(6-9(11)14(18)19)20-7-10-12(16)2-1-3-13(10)17/h1-6H,7H2,(H,18,19). The van der Waals surface area contributed by atoms with Gasteiger partial charge in [-0.2, -0.15) is 0 Å². The highest BCUT2D eigenvalue weighted by atomic mass is 79.9. The number of benzene rings is 2. The van der Waals surface area contributed by atoms with Crippen molar-refractivity contribution >= 4 is 33.7 Å². The number of hydrogen-bond acceptors (Lipinski definition) is 2. The second kappa shape index (κ2) is 6.37. The van der Waals surface area contributed by atoms with Crippen molar-refractivity contribution in [3.05, 3.63) is 63.6 Å². The molecule has 0 aromatic heterocycles.